The number of rotatable bonds is 5. The van der Waals surface area contributed by atoms with Gasteiger partial charge < -0.3 is 14.4 Å². The van der Waals surface area contributed by atoms with Crippen molar-refractivity contribution >= 4 is 5.91 Å². The van der Waals surface area contributed by atoms with Crippen molar-refractivity contribution in [1.82, 2.24) is 14.7 Å². The molecule has 7 nitrogen and oxygen atoms in total. The number of carbonyl (C=O) groups is 1. The fraction of sp³-hybridized carbons (Fsp3) is 0.238. The first kappa shape index (κ1) is 17.9. The van der Waals surface area contributed by atoms with Gasteiger partial charge in [-0.1, -0.05) is 30.3 Å². The third-order valence-corrected chi connectivity index (χ3v) is 4.84. The lowest BCUT2D eigenvalue weighted by Crippen LogP contribution is -2.40. The van der Waals surface area contributed by atoms with Crippen LogP contribution in [0.2, 0.25) is 0 Å². The molecule has 0 aliphatic carbocycles. The van der Waals surface area contributed by atoms with Gasteiger partial charge in [0.25, 0.3) is 11.5 Å². The number of fused-ring (bicyclic) bond motifs is 1. The summed E-state index contributed by atoms with van der Waals surface area (Å²) >= 11 is 0. The van der Waals surface area contributed by atoms with E-state index in [1.807, 2.05) is 42.5 Å². The highest BCUT2D eigenvalue weighted by Crippen LogP contribution is 2.26. The maximum Gasteiger partial charge on any atom is 0.276 e. The molecule has 2 heterocycles. The summed E-state index contributed by atoms with van der Waals surface area (Å²) in [5.41, 5.74) is 2.16. The molecule has 28 heavy (non-hydrogen) atoms. The fourth-order valence-corrected chi connectivity index (χ4v) is 3.34. The topological polar surface area (TPSA) is 76.6 Å². The van der Waals surface area contributed by atoms with Gasteiger partial charge in [-0.25, -0.2) is 4.68 Å². The van der Waals surface area contributed by atoms with Crippen molar-refractivity contribution in [2.24, 2.45) is 0 Å². The monoisotopic (exact) mass is 379 g/mol. The minimum Gasteiger partial charge on any atom is -0.493 e. The molecule has 0 fully saturated rings. The number of ether oxygens (including phenoxy) is 2. The molecule has 0 bridgehead atoms. The molecule has 1 N–H and O–H groups in total. The normalized spacial score (nSPS) is 13.1. The molecule has 3 aromatic rings. The molecule has 1 aromatic heterocycles. The number of para-hydroxylation sites is 3. The Morgan fingerprint density at radius 2 is 1.79 bits per heavy atom. The van der Waals surface area contributed by atoms with Gasteiger partial charge in [0, 0.05) is 18.7 Å². The van der Waals surface area contributed by atoms with E-state index in [0.717, 1.165) is 11.4 Å². The lowest BCUT2D eigenvalue weighted by Gasteiger charge is -2.26. The van der Waals surface area contributed by atoms with Gasteiger partial charge >= 0.3 is 0 Å². The molecule has 0 saturated carbocycles. The number of benzene rings is 2. The number of aromatic amines is 1. The van der Waals surface area contributed by atoms with Crippen LogP contribution in [0.4, 0.5) is 0 Å². The first-order chi connectivity index (χ1) is 13.7. The van der Waals surface area contributed by atoms with E-state index >= 15 is 0 Å². The van der Waals surface area contributed by atoms with E-state index in [1.165, 1.54) is 4.68 Å². The molecule has 0 unspecified atom stereocenters. The minimum absolute atomic E-state index is 0.104. The molecular weight excluding hydrogens is 358 g/mol. The molecule has 0 radical (unpaired) electrons. The second-order valence-electron chi connectivity index (χ2n) is 6.55. The first-order valence-corrected chi connectivity index (χ1v) is 9.09. The van der Waals surface area contributed by atoms with Crippen LogP contribution >= 0.6 is 0 Å². The number of amides is 1. The predicted octanol–water partition coefficient (Wildman–Crippen LogP) is 2.14. The third-order valence-electron chi connectivity index (χ3n) is 4.84. The molecular formula is C21H21N3O4. The van der Waals surface area contributed by atoms with Gasteiger partial charge in [0.2, 0.25) is 0 Å². The lowest BCUT2D eigenvalue weighted by atomic mass is 10.1. The predicted molar refractivity (Wildman–Crippen MR) is 104 cm³/mol. The number of aromatic nitrogens is 2. The van der Waals surface area contributed by atoms with Gasteiger partial charge in [-0.15, -0.1) is 0 Å². The van der Waals surface area contributed by atoms with Crippen molar-refractivity contribution in [2.75, 3.05) is 20.3 Å². The minimum atomic E-state index is -0.164. The van der Waals surface area contributed by atoms with E-state index in [9.17, 15) is 9.59 Å². The molecule has 4 rings (SSSR count). The quantitative estimate of drug-likeness (QED) is 0.737. The summed E-state index contributed by atoms with van der Waals surface area (Å²) in [6.45, 7) is 0.710. The summed E-state index contributed by atoms with van der Waals surface area (Å²) in [6.07, 6.45) is 0.602. The third kappa shape index (κ3) is 3.38. The zero-order chi connectivity index (χ0) is 19.5. The van der Waals surface area contributed by atoms with Crippen molar-refractivity contribution in [3.8, 4) is 17.2 Å². The van der Waals surface area contributed by atoms with Crippen LogP contribution in [0.1, 0.15) is 11.3 Å². The van der Waals surface area contributed by atoms with Crippen molar-refractivity contribution in [3.63, 3.8) is 0 Å². The number of nitrogens with one attached hydrogen (secondary N) is 1. The SMILES string of the molecule is COc1ccccc1OCC(=O)N1CCc2[nH]n(-c3ccccc3)c(=O)c2C1. The number of nitrogens with zero attached hydrogens (tertiary/aromatic N) is 2. The highest BCUT2D eigenvalue weighted by molar-refractivity contribution is 5.78. The molecule has 7 heteroatoms. The second-order valence-corrected chi connectivity index (χ2v) is 6.55. The van der Waals surface area contributed by atoms with Crippen molar-refractivity contribution in [3.05, 3.63) is 76.2 Å². The van der Waals surface area contributed by atoms with Crippen LogP contribution in [0.15, 0.2) is 59.4 Å². The first-order valence-electron chi connectivity index (χ1n) is 9.09. The van der Waals surface area contributed by atoms with Crippen LogP contribution in [0, 0.1) is 0 Å². The zero-order valence-electron chi connectivity index (χ0n) is 15.6. The Balaban J connectivity index is 1.47. The Kier molecular flexibility index (Phi) is 4.89. The molecule has 2 aromatic carbocycles. The van der Waals surface area contributed by atoms with Crippen LogP contribution in [0.25, 0.3) is 5.69 Å². The van der Waals surface area contributed by atoms with Gasteiger partial charge in [0.05, 0.1) is 24.9 Å². The van der Waals surface area contributed by atoms with E-state index in [2.05, 4.69) is 5.10 Å². The van der Waals surface area contributed by atoms with E-state index in [-0.39, 0.29) is 24.6 Å². The smallest absolute Gasteiger partial charge is 0.276 e. The Labute approximate surface area is 162 Å². The average molecular weight is 379 g/mol. The summed E-state index contributed by atoms with van der Waals surface area (Å²) in [7, 11) is 1.56. The van der Waals surface area contributed by atoms with E-state index in [4.69, 9.17) is 9.47 Å². The second kappa shape index (κ2) is 7.64. The van der Waals surface area contributed by atoms with E-state index in [1.54, 1.807) is 24.1 Å². The van der Waals surface area contributed by atoms with Gasteiger partial charge in [-0.2, -0.15) is 0 Å². The molecule has 0 saturated heterocycles. The largest absolute Gasteiger partial charge is 0.493 e. The molecule has 0 atom stereocenters. The van der Waals surface area contributed by atoms with Gasteiger partial charge in [0.15, 0.2) is 18.1 Å². The number of H-pyrrole nitrogens is 1. The summed E-state index contributed by atoms with van der Waals surface area (Å²) < 4.78 is 12.4. The van der Waals surface area contributed by atoms with Gasteiger partial charge in [-0.05, 0) is 24.3 Å². The van der Waals surface area contributed by atoms with Crippen molar-refractivity contribution in [2.45, 2.75) is 13.0 Å². The standard InChI is InChI=1S/C21H21N3O4/c1-27-18-9-5-6-10-19(18)28-14-20(25)23-12-11-17-16(13-23)21(26)24(22-17)15-7-3-2-4-8-15/h2-10,22H,11-14H2,1H3. The van der Waals surface area contributed by atoms with Crippen LogP contribution < -0.4 is 15.0 Å². The summed E-state index contributed by atoms with van der Waals surface area (Å²) in [5.74, 6) is 0.931. The highest BCUT2D eigenvalue weighted by atomic mass is 16.5. The maximum atomic E-state index is 12.8. The van der Waals surface area contributed by atoms with Crippen LogP contribution in [0.3, 0.4) is 0 Å². The lowest BCUT2D eigenvalue weighted by molar-refractivity contribution is -0.134. The van der Waals surface area contributed by atoms with Crippen LogP contribution in [0.5, 0.6) is 11.5 Å². The van der Waals surface area contributed by atoms with Crippen LogP contribution in [-0.4, -0.2) is 40.8 Å². The fourth-order valence-electron chi connectivity index (χ4n) is 3.34. The molecule has 144 valence electrons. The average Bonchev–Trinajstić information content (AvgIpc) is 3.08. The number of hydrogen-bond donors (Lipinski definition) is 1. The van der Waals surface area contributed by atoms with Crippen molar-refractivity contribution < 1.29 is 14.3 Å². The van der Waals surface area contributed by atoms with Crippen LogP contribution in [-0.2, 0) is 17.8 Å². The number of hydrogen-bond acceptors (Lipinski definition) is 4. The molecule has 1 amide bonds. The Bertz CT molecular complexity index is 1040. The Morgan fingerprint density at radius 1 is 1.07 bits per heavy atom. The number of methoxy groups -OCH3 is 1. The van der Waals surface area contributed by atoms with Crippen molar-refractivity contribution in [1.29, 1.82) is 0 Å². The summed E-state index contributed by atoms with van der Waals surface area (Å²) in [4.78, 5) is 27.1. The number of carbonyl (C=O) groups excluding carboxylic acids is 1. The molecule has 0 spiro atoms. The molecule has 1 aliphatic rings. The Morgan fingerprint density at radius 3 is 2.54 bits per heavy atom. The van der Waals surface area contributed by atoms with E-state index < -0.39 is 0 Å². The summed E-state index contributed by atoms with van der Waals surface area (Å²) in [6, 6.07) is 16.6. The molecule has 1 aliphatic heterocycles. The Hall–Kier alpha value is -3.48. The zero-order valence-corrected chi connectivity index (χ0v) is 15.6. The highest BCUT2D eigenvalue weighted by Gasteiger charge is 2.26. The van der Waals surface area contributed by atoms with Gasteiger partial charge in [0.1, 0.15) is 0 Å². The van der Waals surface area contributed by atoms with E-state index in [0.29, 0.717) is 30.0 Å². The summed E-state index contributed by atoms with van der Waals surface area (Å²) in [5, 5.41) is 3.17. The maximum absolute atomic E-state index is 12.8. The van der Waals surface area contributed by atoms with Gasteiger partial charge in [-0.3, -0.25) is 14.7 Å².